The molecule has 0 fully saturated rings. The number of ether oxygens (including phenoxy) is 1. The van der Waals surface area contributed by atoms with Crippen molar-refractivity contribution in [1.29, 1.82) is 0 Å². The Morgan fingerprint density at radius 1 is 1.10 bits per heavy atom. The molecule has 0 aromatic heterocycles. The molecular formula is C17H17FO2. The molecular weight excluding hydrogens is 255 g/mol. The van der Waals surface area contributed by atoms with Crippen LogP contribution < -0.4 is 4.74 Å². The molecule has 0 N–H and O–H groups in total. The fourth-order valence-corrected chi connectivity index (χ4v) is 2.06. The Balaban J connectivity index is 1.90. The number of ketones is 1. The van der Waals surface area contributed by atoms with E-state index in [0.29, 0.717) is 12.0 Å². The first-order chi connectivity index (χ1) is 9.69. The van der Waals surface area contributed by atoms with Crippen LogP contribution in [-0.4, -0.2) is 12.9 Å². The summed E-state index contributed by atoms with van der Waals surface area (Å²) in [4.78, 5) is 11.9. The molecule has 3 heteroatoms. The van der Waals surface area contributed by atoms with Crippen LogP contribution in [0.15, 0.2) is 48.5 Å². The van der Waals surface area contributed by atoms with Crippen LogP contribution in [0.3, 0.4) is 0 Å². The predicted molar refractivity (Wildman–Crippen MR) is 76.4 cm³/mol. The van der Waals surface area contributed by atoms with Gasteiger partial charge in [-0.05, 0) is 29.7 Å². The summed E-state index contributed by atoms with van der Waals surface area (Å²) >= 11 is 0. The zero-order chi connectivity index (χ0) is 14.4. The summed E-state index contributed by atoms with van der Waals surface area (Å²) < 4.78 is 18.4. The average molecular weight is 272 g/mol. The molecule has 0 radical (unpaired) electrons. The number of Topliss-reactive ketones (excluding diaryl/α,β-unsaturated/α-hetero) is 1. The average Bonchev–Trinajstić information content (AvgIpc) is 2.46. The highest BCUT2D eigenvalue weighted by Crippen LogP contribution is 2.18. The Kier molecular flexibility index (Phi) is 4.88. The Morgan fingerprint density at radius 3 is 2.50 bits per heavy atom. The molecule has 0 saturated heterocycles. The van der Waals surface area contributed by atoms with Gasteiger partial charge in [0, 0.05) is 12.8 Å². The summed E-state index contributed by atoms with van der Waals surface area (Å²) in [6.07, 6.45) is 1.45. The number of hydrogen-bond donors (Lipinski definition) is 0. The monoisotopic (exact) mass is 272 g/mol. The summed E-state index contributed by atoms with van der Waals surface area (Å²) in [6.45, 7) is 0. The minimum absolute atomic E-state index is 0.110. The number of methoxy groups -OCH3 is 1. The molecule has 2 rings (SSSR count). The molecule has 0 aliphatic carbocycles. The lowest BCUT2D eigenvalue weighted by Crippen LogP contribution is -2.05. The second-order valence-electron chi connectivity index (χ2n) is 4.67. The molecule has 0 spiro atoms. The largest absolute Gasteiger partial charge is 0.494 e. The van der Waals surface area contributed by atoms with Crippen molar-refractivity contribution in [2.45, 2.75) is 19.3 Å². The van der Waals surface area contributed by atoms with Crippen LogP contribution >= 0.6 is 0 Å². The van der Waals surface area contributed by atoms with Crippen LogP contribution in [0.1, 0.15) is 17.5 Å². The van der Waals surface area contributed by atoms with Crippen molar-refractivity contribution in [1.82, 2.24) is 0 Å². The van der Waals surface area contributed by atoms with Crippen LogP contribution in [-0.2, 0) is 17.6 Å². The molecule has 2 aromatic carbocycles. The number of halogens is 1. The molecule has 0 bridgehead atoms. The van der Waals surface area contributed by atoms with Crippen molar-refractivity contribution in [3.8, 4) is 5.75 Å². The Bertz CT molecular complexity index is 579. The van der Waals surface area contributed by atoms with Crippen LogP contribution in [0.2, 0.25) is 0 Å². The first-order valence-electron chi connectivity index (χ1n) is 6.57. The number of rotatable bonds is 6. The van der Waals surface area contributed by atoms with Crippen LogP contribution in [0, 0.1) is 5.82 Å². The lowest BCUT2D eigenvalue weighted by Gasteiger charge is -2.05. The standard InChI is InChI=1S/C17H17FO2/c1-20-17-10-8-14(12-16(17)18)11-15(19)9-7-13-5-3-2-4-6-13/h2-6,8,10,12H,7,9,11H2,1H3. The van der Waals surface area contributed by atoms with E-state index >= 15 is 0 Å². The maximum absolute atomic E-state index is 13.5. The minimum atomic E-state index is -0.430. The molecule has 2 aromatic rings. The Morgan fingerprint density at radius 2 is 1.85 bits per heavy atom. The van der Waals surface area contributed by atoms with Crippen molar-refractivity contribution < 1.29 is 13.9 Å². The van der Waals surface area contributed by atoms with Crippen molar-refractivity contribution >= 4 is 5.78 Å². The van der Waals surface area contributed by atoms with Crippen molar-refractivity contribution in [2.75, 3.05) is 7.11 Å². The molecule has 0 unspecified atom stereocenters. The van der Waals surface area contributed by atoms with Gasteiger partial charge in [-0.15, -0.1) is 0 Å². The van der Waals surface area contributed by atoms with Gasteiger partial charge in [0.1, 0.15) is 5.78 Å². The third kappa shape index (κ3) is 3.92. The number of aryl methyl sites for hydroxylation is 1. The Labute approximate surface area is 118 Å². The van der Waals surface area contributed by atoms with E-state index < -0.39 is 5.82 Å². The van der Waals surface area contributed by atoms with Gasteiger partial charge in [0.25, 0.3) is 0 Å². The zero-order valence-electron chi connectivity index (χ0n) is 11.4. The predicted octanol–water partition coefficient (Wildman–Crippen LogP) is 3.58. The molecule has 0 atom stereocenters. The third-order valence-electron chi connectivity index (χ3n) is 3.15. The second kappa shape index (κ2) is 6.85. The van der Waals surface area contributed by atoms with Gasteiger partial charge in [-0.2, -0.15) is 0 Å². The van der Waals surface area contributed by atoms with Gasteiger partial charge in [-0.3, -0.25) is 4.79 Å². The SMILES string of the molecule is COc1ccc(CC(=O)CCc2ccccc2)cc1F. The van der Waals surface area contributed by atoms with Gasteiger partial charge in [0.05, 0.1) is 7.11 Å². The zero-order valence-corrected chi connectivity index (χ0v) is 11.4. The van der Waals surface area contributed by atoms with Gasteiger partial charge < -0.3 is 4.74 Å². The molecule has 104 valence electrons. The van der Waals surface area contributed by atoms with E-state index in [1.165, 1.54) is 13.2 Å². The summed E-state index contributed by atoms with van der Waals surface area (Å²) in [5.74, 6) is -0.121. The van der Waals surface area contributed by atoms with Crippen LogP contribution in [0.4, 0.5) is 4.39 Å². The molecule has 20 heavy (non-hydrogen) atoms. The fourth-order valence-electron chi connectivity index (χ4n) is 2.06. The van der Waals surface area contributed by atoms with Crippen molar-refractivity contribution in [3.05, 3.63) is 65.5 Å². The van der Waals surface area contributed by atoms with Gasteiger partial charge >= 0.3 is 0 Å². The quantitative estimate of drug-likeness (QED) is 0.803. The lowest BCUT2D eigenvalue weighted by atomic mass is 10.0. The van der Waals surface area contributed by atoms with Gasteiger partial charge in [0.15, 0.2) is 11.6 Å². The lowest BCUT2D eigenvalue weighted by molar-refractivity contribution is -0.118. The molecule has 0 heterocycles. The highest BCUT2D eigenvalue weighted by atomic mass is 19.1. The second-order valence-corrected chi connectivity index (χ2v) is 4.67. The maximum atomic E-state index is 13.5. The van der Waals surface area contributed by atoms with Crippen LogP contribution in [0.5, 0.6) is 5.75 Å². The first-order valence-corrected chi connectivity index (χ1v) is 6.57. The highest BCUT2D eigenvalue weighted by Gasteiger charge is 2.08. The van der Waals surface area contributed by atoms with Crippen molar-refractivity contribution in [3.63, 3.8) is 0 Å². The van der Waals surface area contributed by atoms with E-state index in [-0.39, 0.29) is 18.0 Å². The maximum Gasteiger partial charge on any atom is 0.165 e. The first kappa shape index (κ1) is 14.3. The van der Waals surface area contributed by atoms with Gasteiger partial charge in [-0.1, -0.05) is 36.4 Å². The summed E-state index contributed by atoms with van der Waals surface area (Å²) in [5, 5.41) is 0. The van der Waals surface area contributed by atoms with E-state index in [9.17, 15) is 9.18 Å². The molecule has 0 amide bonds. The highest BCUT2D eigenvalue weighted by molar-refractivity contribution is 5.81. The van der Waals surface area contributed by atoms with E-state index in [1.54, 1.807) is 12.1 Å². The summed E-state index contributed by atoms with van der Waals surface area (Å²) in [7, 11) is 1.42. The Hall–Kier alpha value is -2.16. The molecule has 2 nitrogen and oxygen atoms in total. The van der Waals surface area contributed by atoms with Gasteiger partial charge in [0.2, 0.25) is 0 Å². The minimum Gasteiger partial charge on any atom is -0.494 e. The summed E-state index contributed by atoms with van der Waals surface area (Å²) in [6, 6.07) is 14.5. The summed E-state index contributed by atoms with van der Waals surface area (Å²) in [5.41, 5.74) is 1.82. The molecule has 0 aliphatic rings. The molecule has 0 saturated carbocycles. The van der Waals surface area contributed by atoms with E-state index in [0.717, 1.165) is 12.0 Å². The number of carbonyl (C=O) groups is 1. The van der Waals surface area contributed by atoms with Crippen LogP contribution in [0.25, 0.3) is 0 Å². The van der Waals surface area contributed by atoms with E-state index in [4.69, 9.17) is 4.74 Å². The van der Waals surface area contributed by atoms with E-state index in [2.05, 4.69) is 0 Å². The van der Waals surface area contributed by atoms with Crippen molar-refractivity contribution in [2.24, 2.45) is 0 Å². The fraction of sp³-hybridized carbons (Fsp3) is 0.235. The van der Waals surface area contributed by atoms with E-state index in [1.807, 2.05) is 30.3 Å². The number of hydrogen-bond acceptors (Lipinski definition) is 2. The molecule has 0 aliphatic heterocycles. The normalized spacial score (nSPS) is 10.3. The smallest absolute Gasteiger partial charge is 0.165 e. The third-order valence-corrected chi connectivity index (χ3v) is 3.15. The number of carbonyl (C=O) groups excluding carboxylic acids is 1. The topological polar surface area (TPSA) is 26.3 Å². The number of benzene rings is 2. The van der Waals surface area contributed by atoms with Gasteiger partial charge in [-0.25, -0.2) is 4.39 Å².